The van der Waals surface area contributed by atoms with Gasteiger partial charge >= 0.3 is 6.09 Å². The number of carbonyl (C=O) groups excluding carboxylic acids is 2. The Bertz CT molecular complexity index is 814. The van der Waals surface area contributed by atoms with Crippen molar-refractivity contribution in [3.05, 3.63) is 30.5 Å². The zero-order valence-electron chi connectivity index (χ0n) is 15.3. The van der Waals surface area contributed by atoms with E-state index in [9.17, 15) is 9.59 Å². The van der Waals surface area contributed by atoms with Crippen molar-refractivity contribution in [2.24, 2.45) is 5.92 Å². The standard InChI is InChI=1S/C19H24N4O3/c1-19(2,3)26-18(25)23-15(11-21-17(23)20)12-7-9-14(10-8-12)22-16(24)13-5-4-6-13/h7-11,13H,4-6H2,1-3H3,(H2,20,21)(H,22,24). The number of imidazole rings is 1. The van der Waals surface area contributed by atoms with Crippen LogP contribution in [0.1, 0.15) is 40.0 Å². The number of nitrogen functional groups attached to an aromatic ring is 1. The highest BCUT2D eigenvalue weighted by molar-refractivity contribution is 5.93. The van der Waals surface area contributed by atoms with E-state index in [2.05, 4.69) is 10.3 Å². The monoisotopic (exact) mass is 356 g/mol. The van der Waals surface area contributed by atoms with Crippen LogP contribution >= 0.6 is 0 Å². The molecule has 0 spiro atoms. The second-order valence-electron chi connectivity index (χ2n) is 7.51. The van der Waals surface area contributed by atoms with Crippen LogP contribution in [0.3, 0.4) is 0 Å². The normalized spacial score (nSPS) is 14.6. The van der Waals surface area contributed by atoms with Gasteiger partial charge in [-0.25, -0.2) is 14.3 Å². The van der Waals surface area contributed by atoms with Gasteiger partial charge < -0.3 is 15.8 Å². The number of nitrogens with zero attached hydrogens (tertiary/aromatic N) is 2. The molecular formula is C19H24N4O3. The second kappa shape index (κ2) is 6.82. The molecule has 1 heterocycles. The number of nitrogens with two attached hydrogens (primary N) is 1. The van der Waals surface area contributed by atoms with Crippen LogP contribution in [-0.2, 0) is 9.53 Å². The van der Waals surface area contributed by atoms with Gasteiger partial charge in [0.15, 0.2) is 0 Å². The van der Waals surface area contributed by atoms with Crippen molar-refractivity contribution in [3.63, 3.8) is 0 Å². The maximum atomic E-state index is 12.4. The van der Waals surface area contributed by atoms with Crippen molar-refractivity contribution >= 4 is 23.6 Å². The lowest BCUT2D eigenvalue weighted by molar-refractivity contribution is -0.122. The molecule has 1 aliphatic rings. The Morgan fingerprint density at radius 2 is 1.88 bits per heavy atom. The van der Waals surface area contributed by atoms with Gasteiger partial charge in [-0.1, -0.05) is 18.6 Å². The van der Waals surface area contributed by atoms with E-state index in [1.807, 2.05) is 12.1 Å². The molecule has 3 rings (SSSR count). The Hall–Kier alpha value is -2.83. The maximum absolute atomic E-state index is 12.4. The van der Waals surface area contributed by atoms with E-state index in [4.69, 9.17) is 10.5 Å². The van der Waals surface area contributed by atoms with Crippen molar-refractivity contribution in [3.8, 4) is 11.3 Å². The lowest BCUT2D eigenvalue weighted by atomic mass is 9.85. The van der Waals surface area contributed by atoms with E-state index in [0.717, 1.165) is 30.5 Å². The summed E-state index contributed by atoms with van der Waals surface area (Å²) in [6, 6.07) is 7.23. The predicted octanol–water partition coefficient (Wildman–Crippen LogP) is 3.65. The number of hydrogen-bond donors (Lipinski definition) is 2. The van der Waals surface area contributed by atoms with E-state index < -0.39 is 11.7 Å². The van der Waals surface area contributed by atoms with Crippen LogP contribution in [0.5, 0.6) is 0 Å². The van der Waals surface area contributed by atoms with Crippen molar-refractivity contribution < 1.29 is 14.3 Å². The third-order valence-electron chi connectivity index (χ3n) is 4.29. The van der Waals surface area contributed by atoms with Gasteiger partial charge in [0.1, 0.15) is 5.60 Å². The molecule has 1 amide bonds. The third kappa shape index (κ3) is 3.87. The summed E-state index contributed by atoms with van der Waals surface area (Å²) < 4.78 is 6.64. The summed E-state index contributed by atoms with van der Waals surface area (Å²) in [6.07, 6.45) is 3.98. The maximum Gasteiger partial charge on any atom is 0.421 e. The highest BCUT2D eigenvalue weighted by Crippen LogP contribution is 2.29. The Labute approximate surface area is 152 Å². The molecule has 0 saturated heterocycles. The zero-order valence-corrected chi connectivity index (χ0v) is 15.3. The Morgan fingerprint density at radius 3 is 2.42 bits per heavy atom. The summed E-state index contributed by atoms with van der Waals surface area (Å²) in [5.41, 5.74) is 7.22. The van der Waals surface area contributed by atoms with Gasteiger partial charge in [-0.3, -0.25) is 4.79 Å². The summed E-state index contributed by atoms with van der Waals surface area (Å²) in [5.74, 6) is 0.256. The third-order valence-corrected chi connectivity index (χ3v) is 4.29. The molecule has 2 aromatic rings. The number of rotatable bonds is 3. The number of nitrogens with one attached hydrogen (secondary N) is 1. The molecule has 1 aromatic carbocycles. The fourth-order valence-corrected chi connectivity index (χ4v) is 2.71. The molecule has 26 heavy (non-hydrogen) atoms. The van der Waals surface area contributed by atoms with Crippen LogP contribution in [0, 0.1) is 5.92 Å². The van der Waals surface area contributed by atoms with Gasteiger partial charge in [-0.2, -0.15) is 0 Å². The molecule has 1 aliphatic carbocycles. The smallest absolute Gasteiger partial charge is 0.421 e. The predicted molar refractivity (Wildman–Crippen MR) is 99.7 cm³/mol. The molecule has 1 saturated carbocycles. The Morgan fingerprint density at radius 1 is 1.23 bits per heavy atom. The quantitative estimate of drug-likeness (QED) is 0.874. The summed E-state index contributed by atoms with van der Waals surface area (Å²) in [7, 11) is 0. The first-order valence-corrected chi connectivity index (χ1v) is 8.72. The fourth-order valence-electron chi connectivity index (χ4n) is 2.71. The first-order valence-electron chi connectivity index (χ1n) is 8.72. The number of anilines is 2. The molecule has 1 fully saturated rings. The molecular weight excluding hydrogens is 332 g/mol. The van der Waals surface area contributed by atoms with Crippen molar-refractivity contribution in [2.75, 3.05) is 11.1 Å². The average Bonchev–Trinajstić information content (AvgIpc) is 2.86. The van der Waals surface area contributed by atoms with Crippen LogP contribution < -0.4 is 11.1 Å². The van der Waals surface area contributed by atoms with Crippen LogP contribution in [0.4, 0.5) is 16.4 Å². The van der Waals surface area contributed by atoms with Crippen molar-refractivity contribution in [1.82, 2.24) is 9.55 Å². The van der Waals surface area contributed by atoms with E-state index in [-0.39, 0.29) is 17.8 Å². The molecule has 0 radical (unpaired) electrons. The van der Waals surface area contributed by atoms with Gasteiger partial charge in [0.2, 0.25) is 11.9 Å². The molecule has 0 unspecified atom stereocenters. The molecule has 0 bridgehead atoms. The average molecular weight is 356 g/mol. The second-order valence-corrected chi connectivity index (χ2v) is 7.51. The van der Waals surface area contributed by atoms with Gasteiger partial charge in [0.25, 0.3) is 0 Å². The van der Waals surface area contributed by atoms with Gasteiger partial charge in [0, 0.05) is 17.2 Å². The molecule has 0 atom stereocenters. The number of carbonyl (C=O) groups is 2. The summed E-state index contributed by atoms with van der Waals surface area (Å²) in [5, 5.41) is 2.92. The van der Waals surface area contributed by atoms with Crippen LogP contribution in [0.15, 0.2) is 30.5 Å². The molecule has 1 aromatic heterocycles. The SMILES string of the molecule is CC(C)(C)OC(=O)n1c(-c2ccc(NC(=O)C3CCC3)cc2)cnc1N. The Kier molecular flexibility index (Phi) is 4.71. The summed E-state index contributed by atoms with van der Waals surface area (Å²) in [6.45, 7) is 5.37. The molecule has 7 nitrogen and oxygen atoms in total. The van der Waals surface area contributed by atoms with Crippen LogP contribution in [0.2, 0.25) is 0 Å². The van der Waals surface area contributed by atoms with Gasteiger partial charge in [-0.15, -0.1) is 0 Å². The largest absolute Gasteiger partial charge is 0.443 e. The van der Waals surface area contributed by atoms with Crippen molar-refractivity contribution in [2.45, 2.75) is 45.6 Å². The number of amides is 1. The zero-order chi connectivity index (χ0) is 18.9. The first kappa shape index (κ1) is 18.0. The minimum absolute atomic E-state index is 0.0621. The topological polar surface area (TPSA) is 99.2 Å². The first-order chi connectivity index (χ1) is 12.2. The number of aromatic nitrogens is 2. The highest BCUT2D eigenvalue weighted by atomic mass is 16.6. The van der Waals surface area contributed by atoms with Crippen LogP contribution in [0.25, 0.3) is 11.3 Å². The number of ether oxygens (including phenoxy) is 1. The Balaban J connectivity index is 1.79. The van der Waals surface area contributed by atoms with Crippen LogP contribution in [-0.4, -0.2) is 27.2 Å². The molecule has 138 valence electrons. The van der Waals surface area contributed by atoms with Gasteiger partial charge in [0.05, 0.1) is 11.9 Å². The summed E-state index contributed by atoms with van der Waals surface area (Å²) >= 11 is 0. The lowest BCUT2D eigenvalue weighted by Crippen LogP contribution is -2.28. The molecule has 3 N–H and O–H groups in total. The van der Waals surface area contributed by atoms with Crippen molar-refractivity contribution in [1.29, 1.82) is 0 Å². The minimum atomic E-state index is -0.638. The molecule has 7 heteroatoms. The van der Waals surface area contributed by atoms with Gasteiger partial charge in [-0.05, 0) is 45.7 Å². The van der Waals surface area contributed by atoms with E-state index in [0.29, 0.717) is 5.69 Å². The number of benzene rings is 1. The highest BCUT2D eigenvalue weighted by Gasteiger charge is 2.25. The van der Waals surface area contributed by atoms with E-state index in [1.165, 1.54) is 10.8 Å². The summed E-state index contributed by atoms with van der Waals surface area (Å²) in [4.78, 5) is 28.5. The number of hydrogen-bond acceptors (Lipinski definition) is 5. The fraction of sp³-hybridized carbons (Fsp3) is 0.421. The lowest BCUT2D eigenvalue weighted by Gasteiger charge is -2.24. The minimum Gasteiger partial charge on any atom is -0.443 e. The molecule has 0 aliphatic heterocycles. The van der Waals surface area contributed by atoms with E-state index in [1.54, 1.807) is 32.9 Å². The van der Waals surface area contributed by atoms with E-state index >= 15 is 0 Å².